The van der Waals surface area contributed by atoms with E-state index in [-0.39, 0.29) is 6.09 Å². The predicted molar refractivity (Wildman–Crippen MR) is 135 cm³/mol. The van der Waals surface area contributed by atoms with E-state index < -0.39 is 5.60 Å². The van der Waals surface area contributed by atoms with Crippen LogP contribution in [0.25, 0.3) is 27.0 Å². The molecule has 8 nitrogen and oxygen atoms in total. The zero-order valence-electron chi connectivity index (χ0n) is 19.3. The molecule has 34 heavy (non-hydrogen) atoms. The Kier molecular flexibility index (Phi) is 5.79. The van der Waals surface area contributed by atoms with Gasteiger partial charge in [0.05, 0.1) is 15.8 Å². The molecule has 2 N–H and O–H groups in total. The summed E-state index contributed by atoms with van der Waals surface area (Å²) >= 11 is 1.61. The molecule has 0 radical (unpaired) electrons. The first kappa shape index (κ1) is 22.1. The van der Waals surface area contributed by atoms with E-state index in [2.05, 4.69) is 49.5 Å². The first-order chi connectivity index (χ1) is 16.4. The van der Waals surface area contributed by atoms with Crippen LogP contribution in [0.3, 0.4) is 0 Å². The summed E-state index contributed by atoms with van der Waals surface area (Å²) in [6.45, 7) is 6.76. The number of fused-ring (bicyclic) bond motifs is 1. The Labute approximate surface area is 201 Å². The molecule has 0 atom stereocenters. The number of H-pyrrole nitrogens is 1. The zero-order chi connectivity index (χ0) is 23.7. The summed E-state index contributed by atoms with van der Waals surface area (Å²) in [4.78, 5) is 31.7. The van der Waals surface area contributed by atoms with Gasteiger partial charge < -0.3 is 19.9 Å². The Hall–Kier alpha value is -3.72. The van der Waals surface area contributed by atoms with Crippen LogP contribution in [0.2, 0.25) is 0 Å². The van der Waals surface area contributed by atoms with Crippen molar-refractivity contribution in [2.24, 2.45) is 0 Å². The van der Waals surface area contributed by atoms with Gasteiger partial charge in [0.1, 0.15) is 23.4 Å². The van der Waals surface area contributed by atoms with Gasteiger partial charge in [0.25, 0.3) is 0 Å². The number of ether oxygens (including phenoxy) is 1. The number of aromatic nitrogens is 4. The van der Waals surface area contributed by atoms with E-state index in [1.807, 2.05) is 44.6 Å². The van der Waals surface area contributed by atoms with Gasteiger partial charge in [-0.15, -0.1) is 11.3 Å². The third-order valence-electron chi connectivity index (χ3n) is 5.47. The van der Waals surface area contributed by atoms with Gasteiger partial charge in [-0.2, -0.15) is 0 Å². The Balaban J connectivity index is 1.36. The Morgan fingerprint density at radius 2 is 2.12 bits per heavy atom. The van der Waals surface area contributed by atoms with E-state index in [1.54, 1.807) is 22.6 Å². The van der Waals surface area contributed by atoms with E-state index in [9.17, 15) is 4.79 Å². The van der Waals surface area contributed by atoms with Crippen molar-refractivity contribution in [1.29, 1.82) is 0 Å². The normalized spacial score (nSPS) is 14.2. The number of thiazole rings is 1. The molecule has 1 aliphatic rings. The minimum Gasteiger partial charge on any atom is -0.444 e. The summed E-state index contributed by atoms with van der Waals surface area (Å²) in [6.07, 6.45) is 5.94. The summed E-state index contributed by atoms with van der Waals surface area (Å²) in [5, 5.41) is 4.35. The van der Waals surface area contributed by atoms with E-state index in [0.717, 1.165) is 50.7 Å². The Morgan fingerprint density at radius 1 is 1.24 bits per heavy atom. The second kappa shape index (κ2) is 8.90. The SMILES string of the molecule is CC(C)(C)OC(=O)N1CC=C(c2cc3c(Nc4cccc(-c5cncs5)c4)ncnc3[nH]2)CC1. The van der Waals surface area contributed by atoms with Crippen LogP contribution in [0, 0.1) is 0 Å². The molecule has 0 bridgehead atoms. The lowest BCUT2D eigenvalue weighted by atomic mass is 10.1. The molecule has 4 heterocycles. The quantitative estimate of drug-likeness (QED) is 0.385. The molecule has 0 spiro atoms. The number of benzene rings is 1. The highest BCUT2D eigenvalue weighted by atomic mass is 32.1. The van der Waals surface area contributed by atoms with Gasteiger partial charge in [-0.05, 0) is 56.5 Å². The lowest BCUT2D eigenvalue weighted by Crippen LogP contribution is -2.39. The number of amides is 1. The van der Waals surface area contributed by atoms with Crippen LogP contribution >= 0.6 is 11.3 Å². The molecule has 9 heteroatoms. The minimum absolute atomic E-state index is 0.280. The highest BCUT2D eigenvalue weighted by Crippen LogP contribution is 2.31. The lowest BCUT2D eigenvalue weighted by Gasteiger charge is -2.29. The summed E-state index contributed by atoms with van der Waals surface area (Å²) in [7, 11) is 0. The molecule has 1 aromatic carbocycles. The van der Waals surface area contributed by atoms with Crippen LogP contribution in [0.5, 0.6) is 0 Å². The van der Waals surface area contributed by atoms with Gasteiger partial charge in [-0.3, -0.25) is 4.98 Å². The van der Waals surface area contributed by atoms with E-state index >= 15 is 0 Å². The number of aromatic amines is 1. The van der Waals surface area contributed by atoms with E-state index in [1.165, 1.54) is 0 Å². The fourth-order valence-corrected chi connectivity index (χ4v) is 4.48. The number of carbonyl (C=O) groups is 1. The monoisotopic (exact) mass is 474 g/mol. The van der Waals surface area contributed by atoms with Crippen LogP contribution < -0.4 is 5.32 Å². The number of anilines is 2. The number of nitrogens with zero attached hydrogens (tertiary/aromatic N) is 4. The summed E-state index contributed by atoms with van der Waals surface area (Å²) < 4.78 is 5.49. The molecule has 1 amide bonds. The van der Waals surface area contributed by atoms with Gasteiger partial charge in [0.2, 0.25) is 0 Å². The number of nitrogens with one attached hydrogen (secondary N) is 2. The first-order valence-electron chi connectivity index (χ1n) is 11.1. The molecule has 0 aliphatic carbocycles. The van der Waals surface area contributed by atoms with Gasteiger partial charge in [0, 0.05) is 30.7 Å². The highest BCUT2D eigenvalue weighted by Gasteiger charge is 2.24. The standard InChI is InChI=1S/C25H26N6O2S/c1-25(2,3)33-24(32)31-9-7-16(8-10-31)20-12-19-22(27-14-28-23(19)30-20)29-18-6-4-5-17(11-18)21-13-26-15-34-21/h4-7,11-15H,8-10H2,1-3H3,(H2,27,28,29,30). The summed E-state index contributed by atoms with van der Waals surface area (Å²) in [5.41, 5.74) is 6.28. The molecular weight excluding hydrogens is 448 g/mol. The van der Waals surface area contributed by atoms with E-state index in [4.69, 9.17) is 4.74 Å². The maximum Gasteiger partial charge on any atom is 0.410 e. The van der Waals surface area contributed by atoms with Crippen molar-refractivity contribution < 1.29 is 9.53 Å². The van der Waals surface area contributed by atoms with Crippen LogP contribution in [-0.2, 0) is 4.74 Å². The third kappa shape index (κ3) is 4.79. The molecule has 0 saturated heterocycles. The van der Waals surface area contributed by atoms with Crippen molar-refractivity contribution in [1.82, 2.24) is 24.8 Å². The predicted octanol–water partition coefficient (Wildman–Crippen LogP) is 5.85. The molecule has 174 valence electrons. The Bertz CT molecular complexity index is 1350. The highest BCUT2D eigenvalue weighted by molar-refractivity contribution is 7.13. The van der Waals surface area contributed by atoms with Gasteiger partial charge >= 0.3 is 6.09 Å². The largest absolute Gasteiger partial charge is 0.444 e. The van der Waals surface area contributed by atoms with Gasteiger partial charge in [0.15, 0.2) is 0 Å². The first-order valence-corrected chi connectivity index (χ1v) is 12.0. The van der Waals surface area contributed by atoms with Crippen molar-refractivity contribution in [3.8, 4) is 10.4 Å². The molecule has 4 aromatic rings. The Morgan fingerprint density at radius 3 is 2.85 bits per heavy atom. The van der Waals surface area contributed by atoms with Crippen molar-refractivity contribution in [3.63, 3.8) is 0 Å². The third-order valence-corrected chi connectivity index (χ3v) is 6.30. The topological polar surface area (TPSA) is 96.0 Å². The molecule has 3 aromatic heterocycles. The van der Waals surface area contributed by atoms with Crippen LogP contribution in [0.15, 0.2) is 54.4 Å². The van der Waals surface area contributed by atoms with Crippen molar-refractivity contribution in [2.45, 2.75) is 32.8 Å². The second-order valence-electron chi connectivity index (χ2n) is 9.14. The smallest absolute Gasteiger partial charge is 0.410 e. The van der Waals surface area contributed by atoms with Gasteiger partial charge in [-0.1, -0.05) is 18.2 Å². The molecule has 5 rings (SSSR count). The number of hydrogen-bond donors (Lipinski definition) is 2. The van der Waals surface area contributed by atoms with Crippen LogP contribution in [0.1, 0.15) is 32.9 Å². The fraction of sp³-hybridized carbons (Fsp3) is 0.280. The molecule has 1 aliphatic heterocycles. The second-order valence-corrected chi connectivity index (χ2v) is 10.0. The maximum absolute atomic E-state index is 12.4. The van der Waals surface area contributed by atoms with Crippen molar-refractivity contribution in [2.75, 3.05) is 18.4 Å². The molecule has 0 unspecified atom stereocenters. The maximum atomic E-state index is 12.4. The number of hydrogen-bond acceptors (Lipinski definition) is 7. The van der Waals surface area contributed by atoms with E-state index in [0.29, 0.717) is 13.1 Å². The average Bonchev–Trinajstić information content (AvgIpc) is 3.49. The summed E-state index contributed by atoms with van der Waals surface area (Å²) in [5.74, 6) is 0.737. The average molecular weight is 475 g/mol. The zero-order valence-corrected chi connectivity index (χ0v) is 20.1. The molecule has 0 saturated carbocycles. The number of rotatable bonds is 4. The summed E-state index contributed by atoms with van der Waals surface area (Å²) in [6, 6.07) is 10.3. The molecule has 0 fully saturated rings. The van der Waals surface area contributed by atoms with Crippen LogP contribution in [-0.4, -0.2) is 49.6 Å². The number of carbonyl (C=O) groups excluding carboxylic acids is 1. The van der Waals surface area contributed by atoms with Crippen molar-refractivity contribution in [3.05, 3.63) is 60.1 Å². The molecular formula is C25H26N6O2S. The van der Waals surface area contributed by atoms with Crippen LogP contribution in [0.4, 0.5) is 16.3 Å². The minimum atomic E-state index is -0.500. The fourth-order valence-electron chi connectivity index (χ4n) is 3.86. The van der Waals surface area contributed by atoms with Crippen molar-refractivity contribution >= 4 is 45.5 Å². The lowest BCUT2D eigenvalue weighted by molar-refractivity contribution is 0.0270. The van der Waals surface area contributed by atoms with Gasteiger partial charge in [-0.25, -0.2) is 14.8 Å².